The summed E-state index contributed by atoms with van der Waals surface area (Å²) < 4.78 is 23.5. The van der Waals surface area contributed by atoms with Gasteiger partial charge in [-0.3, -0.25) is 9.59 Å². The topological polar surface area (TPSA) is 107 Å². The number of hydrogen-bond acceptors (Lipinski definition) is 6. The Bertz CT molecular complexity index is 731. The van der Waals surface area contributed by atoms with E-state index >= 15 is 0 Å². The van der Waals surface area contributed by atoms with Gasteiger partial charge in [-0.05, 0) is 44.8 Å². The molecule has 0 aromatic heterocycles. The molecule has 1 unspecified atom stereocenters. The second-order valence-electron chi connectivity index (χ2n) is 6.36. The Morgan fingerprint density at radius 3 is 2.36 bits per heavy atom. The summed E-state index contributed by atoms with van der Waals surface area (Å²) in [4.78, 5) is 28.1. The standard InChI is InChI=1S/C16H23N3O5S/c1-18(2)8-9-19(13-7-10-25(23,24)11-13)16(22)15(21)17-12-3-5-14(20)6-4-12/h3-6,13,20H,7-11H2,1-2H3,(H,17,21). The molecule has 1 aliphatic heterocycles. The third kappa shape index (κ3) is 5.43. The quantitative estimate of drug-likeness (QED) is 0.555. The lowest BCUT2D eigenvalue weighted by Gasteiger charge is -2.28. The minimum Gasteiger partial charge on any atom is -0.508 e. The summed E-state index contributed by atoms with van der Waals surface area (Å²) in [6.07, 6.45) is 0.341. The molecular weight excluding hydrogens is 346 g/mol. The third-order valence-electron chi connectivity index (χ3n) is 4.02. The fourth-order valence-corrected chi connectivity index (χ4v) is 4.37. The van der Waals surface area contributed by atoms with Crippen LogP contribution in [0.2, 0.25) is 0 Å². The number of nitrogens with zero attached hydrogens (tertiary/aromatic N) is 2. The summed E-state index contributed by atoms with van der Waals surface area (Å²) in [6.45, 7) is 0.795. The number of carbonyl (C=O) groups is 2. The Balaban J connectivity index is 2.10. The van der Waals surface area contributed by atoms with Crippen molar-refractivity contribution < 1.29 is 23.1 Å². The number of nitrogens with one attached hydrogen (secondary N) is 1. The van der Waals surface area contributed by atoms with Crippen molar-refractivity contribution in [3.63, 3.8) is 0 Å². The van der Waals surface area contributed by atoms with Gasteiger partial charge in [0.2, 0.25) is 0 Å². The van der Waals surface area contributed by atoms with E-state index in [-0.39, 0.29) is 23.8 Å². The fraction of sp³-hybridized carbons (Fsp3) is 0.500. The van der Waals surface area contributed by atoms with Crippen LogP contribution in [-0.4, -0.2) is 79.9 Å². The molecule has 0 aliphatic carbocycles. The first kappa shape index (κ1) is 19.2. The second-order valence-corrected chi connectivity index (χ2v) is 8.59. The van der Waals surface area contributed by atoms with Gasteiger partial charge in [0.25, 0.3) is 0 Å². The average Bonchev–Trinajstić information content (AvgIpc) is 2.89. The van der Waals surface area contributed by atoms with Crippen LogP contribution in [0.5, 0.6) is 5.75 Å². The maximum absolute atomic E-state index is 12.6. The molecule has 1 fully saturated rings. The molecule has 0 radical (unpaired) electrons. The lowest BCUT2D eigenvalue weighted by Crippen LogP contribution is -2.48. The Morgan fingerprint density at radius 2 is 1.84 bits per heavy atom. The highest BCUT2D eigenvalue weighted by molar-refractivity contribution is 7.91. The smallest absolute Gasteiger partial charge is 0.313 e. The van der Waals surface area contributed by atoms with Gasteiger partial charge in [-0.15, -0.1) is 0 Å². The number of rotatable bonds is 5. The third-order valence-corrected chi connectivity index (χ3v) is 5.77. The largest absolute Gasteiger partial charge is 0.508 e. The molecule has 0 saturated carbocycles. The highest BCUT2D eigenvalue weighted by Crippen LogP contribution is 2.19. The maximum atomic E-state index is 12.6. The van der Waals surface area contributed by atoms with Crippen LogP contribution in [0.25, 0.3) is 0 Å². The maximum Gasteiger partial charge on any atom is 0.313 e. The molecule has 138 valence electrons. The van der Waals surface area contributed by atoms with Crippen LogP contribution < -0.4 is 5.32 Å². The van der Waals surface area contributed by atoms with Crippen molar-refractivity contribution in [2.24, 2.45) is 0 Å². The monoisotopic (exact) mass is 369 g/mol. The van der Waals surface area contributed by atoms with E-state index in [9.17, 15) is 23.1 Å². The molecule has 9 heteroatoms. The van der Waals surface area contributed by atoms with Crippen LogP contribution in [0.1, 0.15) is 6.42 Å². The fourth-order valence-electron chi connectivity index (χ4n) is 2.64. The van der Waals surface area contributed by atoms with E-state index in [0.29, 0.717) is 18.7 Å². The number of phenols is 1. The van der Waals surface area contributed by atoms with Gasteiger partial charge in [-0.25, -0.2) is 8.42 Å². The Morgan fingerprint density at radius 1 is 1.20 bits per heavy atom. The number of hydrogen-bond donors (Lipinski definition) is 2. The summed E-state index contributed by atoms with van der Waals surface area (Å²) in [5.41, 5.74) is 0.378. The van der Waals surface area contributed by atoms with Crippen LogP contribution in [0.3, 0.4) is 0 Å². The van der Waals surface area contributed by atoms with E-state index in [1.807, 2.05) is 19.0 Å². The zero-order chi connectivity index (χ0) is 18.6. The number of anilines is 1. The van der Waals surface area contributed by atoms with Gasteiger partial charge in [-0.2, -0.15) is 0 Å². The first-order valence-electron chi connectivity index (χ1n) is 7.94. The van der Waals surface area contributed by atoms with Crippen molar-refractivity contribution in [1.82, 2.24) is 9.80 Å². The second kappa shape index (κ2) is 7.83. The van der Waals surface area contributed by atoms with Gasteiger partial charge in [0.1, 0.15) is 5.75 Å². The van der Waals surface area contributed by atoms with Crippen molar-refractivity contribution >= 4 is 27.3 Å². The SMILES string of the molecule is CN(C)CCN(C(=O)C(=O)Nc1ccc(O)cc1)C1CCS(=O)(=O)C1. The molecule has 2 amide bonds. The molecule has 1 atom stereocenters. The Labute approximate surface area is 147 Å². The molecule has 0 bridgehead atoms. The predicted octanol–water partition coefficient (Wildman–Crippen LogP) is -0.0920. The Hall–Kier alpha value is -2.13. The van der Waals surface area contributed by atoms with Gasteiger partial charge in [-0.1, -0.05) is 0 Å². The van der Waals surface area contributed by atoms with Crippen LogP contribution in [0, 0.1) is 0 Å². The van der Waals surface area contributed by atoms with Gasteiger partial charge in [0.15, 0.2) is 9.84 Å². The summed E-state index contributed by atoms with van der Waals surface area (Å²) >= 11 is 0. The van der Waals surface area contributed by atoms with Crippen LogP contribution >= 0.6 is 0 Å². The summed E-state index contributed by atoms with van der Waals surface area (Å²) in [5.74, 6) is -1.61. The molecule has 1 aromatic carbocycles. The summed E-state index contributed by atoms with van der Waals surface area (Å²) in [7, 11) is 0.507. The normalized spacial score (nSPS) is 18.9. The number of sulfone groups is 1. The number of likely N-dealkylation sites (N-methyl/N-ethyl adjacent to an activating group) is 1. The molecule has 1 aromatic rings. The highest BCUT2D eigenvalue weighted by atomic mass is 32.2. The van der Waals surface area contributed by atoms with Crippen molar-refractivity contribution in [2.45, 2.75) is 12.5 Å². The van der Waals surface area contributed by atoms with Gasteiger partial charge >= 0.3 is 11.8 Å². The number of amides is 2. The number of carbonyl (C=O) groups excluding carboxylic acids is 2. The zero-order valence-corrected chi connectivity index (χ0v) is 15.1. The number of benzene rings is 1. The first-order chi connectivity index (χ1) is 11.7. The van der Waals surface area contributed by atoms with E-state index in [0.717, 1.165) is 0 Å². The van der Waals surface area contributed by atoms with Crippen molar-refractivity contribution in [3.8, 4) is 5.75 Å². The van der Waals surface area contributed by atoms with Gasteiger partial charge in [0.05, 0.1) is 11.5 Å². The molecule has 0 spiro atoms. The number of phenolic OH excluding ortho intramolecular Hbond substituents is 1. The lowest BCUT2D eigenvalue weighted by molar-refractivity contribution is -0.144. The predicted molar refractivity (Wildman–Crippen MR) is 94.1 cm³/mol. The van der Waals surface area contributed by atoms with E-state index in [2.05, 4.69) is 5.32 Å². The lowest BCUT2D eigenvalue weighted by atomic mass is 10.2. The minimum atomic E-state index is -3.17. The van der Waals surface area contributed by atoms with E-state index < -0.39 is 27.7 Å². The molecular formula is C16H23N3O5S. The number of aromatic hydroxyl groups is 1. The molecule has 1 saturated heterocycles. The molecule has 8 nitrogen and oxygen atoms in total. The van der Waals surface area contributed by atoms with Crippen molar-refractivity contribution in [1.29, 1.82) is 0 Å². The first-order valence-corrected chi connectivity index (χ1v) is 9.76. The van der Waals surface area contributed by atoms with Gasteiger partial charge < -0.3 is 20.2 Å². The minimum absolute atomic E-state index is 0.0307. The molecule has 1 aliphatic rings. The highest BCUT2D eigenvalue weighted by Gasteiger charge is 2.36. The summed E-state index contributed by atoms with van der Waals surface area (Å²) in [6, 6.07) is 5.26. The van der Waals surface area contributed by atoms with E-state index in [4.69, 9.17) is 0 Å². The molecule has 2 rings (SSSR count). The van der Waals surface area contributed by atoms with Crippen LogP contribution in [-0.2, 0) is 19.4 Å². The summed E-state index contributed by atoms with van der Waals surface area (Å²) in [5, 5.41) is 11.7. The van der Waals surface area contributed by atoms with E-state index in [1.54, 1.807) is 0 Å². The van der Waals surface area contributed by atoms with Gasteiger partial charge in [0, 0.05) is 24.8 Å². The zero-order valence-electron chi connectivity index (χ0n) is 14.3. The van der Waals surface area contributed by atoms with Crippen molar-refractivity contribution in [2.75, 3.05) is 44.0 Å². The van der Waals surface area contributed by atoms with Crippen molar-refractivity contribution in [3.05, 3.63) is 24.3 Å². The molecule has 25 heavy (non-hydrogen) atoms. The van der Waals surface area contributed by atoms with Crippen LogP contribution in [0.4, 0.5) is 5.69 Å². The average molecular weight is 369 g/mol. The molecule has 2 N–H and O–H groups in total. The van der Waals surface area contributed by atoms with Crippen LogP contribution in [0.15, 0.2) is 24.3 Å². The molecule has 1 heterocycles. The Kier molecular flexibility index (Phi) is 6.02. The van der Waals surface area contributed by atoms with E-state index in [1.165, 1.54) is 29.2 Å².